The van der Waals surface area contributed by atoms with E-state index in [1.165, 1.54) is 34.6 Å². The molecule has 0 aliphatic carbocycles. The molecule has 2 aromatic rings. The average Bonchev–Trinajstić information content (AvgIpc) is 2.73. The maximum absolute atomic E-state index is 13.0. The number of likely N-dealkylation sites (N-methyl/N-ethyl adjacent to an activating group) is 1. The van der Waals surface area contributed by atoms with Crippen LogP contribution in [0.3, 0.4) is 0 Å². The fourth-order valence-corrected chi connectivity index (χ4v) is 5.66. The highest BCUT2D eigenvalue weighted by Crippen LogP contribution is 2.25. The van der Waals surface area contributed by atoms with Crippen molar-refractivity contribution in [3.8, 4) is 0 Å². The van der Waals surface area contributed by atoms with E-state index in [-0.39, 0.29) is 20.4 Å². The number of rotatable bonds is 6. The quantitative estimate of drug-likeness (QED) is 0.653. The van der Waals surface area contributed by atoms with Gasteiger partial charge in [-0.2, -0.15) is 4.31 Å². The van der Waals surface area contributed by atoms with E-state index in [1.54, 1.807) is 19.1 Å². The number of halogens is 1. The molecule has 1 heterocycles. The number of sulfone groups is 1. The Labute approximate surface area is 194 Å². The first-order valence-electron chi connectivity index (χ1n) is 9.99. The summed E-state index contributed by atoms with van der Waals surface area (Å²) >= 11 is 6.20. The lowest BCUT2D eigenvalue weighted by atomic mass is 10.1. The van der Waals surface area contributed by atoms with E-state index in [2.05, 4.69) is 10.2 Å². The zero-order valence-corrected chi connectivity index (χ0v) is 20.5. The Hall–Kier alpha value is -1.98. The van der Waals surface area contributed by atoms with Crippen LogP contribution in [0, 0.1) is 0 Å². The highest BCUT2D eigenvalue weighted by atomic mass is 35.5. The first-order chi connectivity index (χ1) is 14.9. The molecule has 11 heteroatoms. The van der Waals surface area contributed by atoms with Crippen molar-refractivity contribution in [1.29, 1.82) is 0 Å². The van der Waals surface area contributed by atoms with Crippen molar-refractivity contribution in [3.05, 3.63) is 58.6 Å². The summed E-state index contributed by atoms with van der Waals surface area (Å²) in [5.74, 6) is -0.523. The van der Waals surface area contributed by atoms with Crippen LogP contribution in [0.5, 0.6) is 0 Å². The maximum Gasteiger partial charge on any atom is 0.253 e. The fourth-order valence-electron chi connectivity index (χ4n) is 3.38. The SMILES string of the molecule is C[C@@H](NC(=O)c1cc(S(=O)(=O)N2CCN(C)CC2)ccc1Cl)c1ccc(S(C)(=O)=O)cc1. The van der Waals surface area contributed by atoms with E-state index in [4.69, 9.17) is 11.6 Å². The second-order valence-electron chi connectivity index (χ2n) is 7.89. The van der Waals surface area contributed by atoms with Gasteiger partial charge in [0.1, 0.15) is 0 Å². The number of benzene rings is 2. The highest BCUT2D eigenvalue weighted by molar-refractivity contribution is 7.90. The number of nitrogens with one attached hydrogen (secondary N) is 1. The van der Waals surface area contributed by atoms with Crippen molar-refractivity contribution < 1.29 is 21.6 Å². The smallest absolute Gasteiger partial charge is 0.253 e. The van der Waals surface area contributed by atoms with Gasteiger partial charge in [0.15, 0.2) is 9.84 Å². The van der Waals surface area contributed by atoms with E-state index in [0.717, 1.165) is 6.26 Å². The highest BCUT2D eigenvalue weighted by Gasteiger charge is 2.28. The Morgan fingerprint density at radius 1 is 0.969 bits per heavy atom. The molecule has 1 N–H and O–H groups in total. The molecule has 2 aromatic carbocycles. The minimum Gasteiger partial charge on any atom is -0.345 e. The number of sulfonamides is 1. The van der Waals surface area contributed by atoms with Gasteiger partial charge in [0, 0.05) is 32.4 Å². The third kappa shape index (κ3) is 5.49. The summed E-state index contributed by atoms with van der Waals surface area (Å²) in [6, 6.07) is 9.85. The largest absolute Gasteiger partial charge is 0.345 e. The summed E-state index contributed by atoms with van der Waals surface area (Å²) in [7, 11) is -5.13. The minimum absolute atomic E-state index is 0.0155. The van der Waals surface area contributed by atoms with Crippen molar-refractivity contribution in [2.45, 2.75) is 22.8 Å². The van der Waals surface area contributed by atoms with E-state index < -0.39 is 31.8 Å². The second-order valence-corrected chi connectivity index (χ2v) is 12.2. The fraction of sp³-hybridized carbons (Fsp3) is 0.381. The molecule has 1 fully saturated rings. The van der Waals surface area contributed by atoms with Gasteiger partial charge in [-0.25, -0.2) is 16.8 Å². The predicted octanol–water partition coefficient (Wildman–Crippen LogP) is 2.17. The molecule has 1 aliphatic heterocycles. The number of hydrogen-bond donors (Lipinski definition) is 1. The lowest BCUT2D eigenvalue weighted by Crippen LogP contribution is -2.47. The lowest BCUT2D eigenvalue weighted by molar-refractivity contribution is 0.0939. The van der Waals surface area contributed by atoms with Gasteiger partial charge >= 0.3 is 0 Å². The van der Waals surface area contributed by atoms with Crippen LogP contribution in [0.1, 0.15) is 28.9 Å². The van der Waals surface area contributed by atoms with Crippen LogP contribution in [0.2, 0.25) is 5.02 Å². The van der Waals surface area contributed by atoms with Crippen molar-refractivity contribution >= 4 is 37.4 Å². The van der Waals surface area contributed by atoms with Crippen LogP contribution in [-0.4, -0.2) is 71.4 Å². The summed E-state index contributed by atoms with van der Waals surface area (Å²) in [6.45, 7) is 3.77. The Balaban J connectivity index is 1.79. The summed E-state index contributed by atoms with van der Waals surface area (Å²) < 4.78 is 50.7. The Morgan fingerprint density at radius 2 is 1.53 bits per heavy atom. The summed E-state index contributed by atoms with van der Waals surface area (Å²) in [6.07, 6.45) is 1.12. The average molecular weight is 500 g/mol. The van der Waals surface area contributed by atoms with Crippen LogP contribution >= 0.6 is 11.6 Å². The predicted molar refractivity (Wildman–Crippen MR) is 123 cm³/mol. The first-order valence-corrected chi connectivity index (χ1v) is 13.7. The standard InChI is InChI=1S/C21H26ClN3O5S2/c1-15(16-4-6-17(7-5-16)31(3,27)28)23-21(26)19-14-18(8-9-20(19)22)32(29,30)25-12-10-24(2)11-13-25/h4-9,14-15H,10-13H2,1-3H3,(H,23,26)/t15-/m1/s1. The maximum atomic E-state index is 13.0. The normalized spacial score (nSPS) is 17.1. The lowest BCUT2D eigenvalue weighted by Gasteiger charge is -2.31. The number of amides is 1. The van der Waals surface area contributed by atoms with Gasteiger partial charge in [-0.15, -0.1) is 0 Å². The van der Waals surface area contributed by atoms with Crippen molar-refractivity contribution in [1.82, 2.24) is 14.5 Å². The minimum atomic E-state index is -3.75. The topological polar surface area (TPSA) is 104 Å². The van der Waals surface area contributed by atoms with E-state index in [0.29, 0.717) is 31.7 Å². The molecule has 1 amide bonds. The van der Waals surface area contributed by atoms with E-state index in [9.17, 15) is 21.6 Å². The summed E-state index contributed by atoms with van der Waals surface area (Å²) in [4.78, 5) is 15.1. The molecule has 8 nitrogen and oxygen atoms in total. The van der Waals surface area contributed by atoms with Gasteiger partial charge in [-0.1, -0.05) is 23.7 Å². The molecule has 0 aromatic heterocycles. The molecule has 0 saturated carbocycles. The monoisotopic (exact) mass is 499 g/mol. The molecule has 1 aliphatic rings. The number of hydrogen-bond acceptors (Lipinski definition) is 6. The molecular weight excluding hydrogens is 474 g/mol. The third-order valence-corrected chi connectivity index (χ3v) is 8.79. The zero-order valence-electron chi connectivity index (χ0n) is 18.1. The molecule has 0 radical (unpaired) electrons. The molecule has 0 unspecified atom stereocenters. The number of carbonyl (C=O) groups excluding carboxylic acids is 1. The molecule has 1 saturated heterocycles. The van der Waals surface area contributed by atoms with Gasteiger partial charge in [0.05, 0.1) is 26.4 Å². The van der Waals surface area contributed by atoms with Crippen LogP contribution in [0.15, 0.2) is 52.3 Å². The van der Waals surface area contributed by atoms with Gasteiger partial charge in [-0.05, 0) is 49.9 Å². The van der Waals surface area contributed by atoms with E-state index in [1.807, 2.05) is 7.05 Å². The van der Waals surface area contributed by atoms with E-state index >= 15 is 0 Å². The van der Waals surface area contributed by atoms with Gasteiger partial charge in [0.25, 0.3) is 5.91 Å². The van der Waals surface area contributed by atoms with Gasteiger partial charge < -0.3 is 10.2 Å². The molecule has 174 valence electrons. The van der Waals surface area contributed by atoms with Crippen molar-refractivity contribution in [3.63, 3.8) is 0 Å². The van der Waals surface area contributed by atoms with Crippen LogP contribution in [-0.2, 0) is 19.9 Å². The first kappa shape index (κ1) is 24.7. The number of nitrogens with zero attached hydrogens (tertiary/aromatic N) is 2. The summed E-state index contributed by atoms with van der Waals surface area (Å²) in [5.41, 5.74) is 0.754. The molecular formula is C21H26ClN3O5S2. The Morgan fingerprint density at radius 3 is 2.09 bits per heavy atom. The van der Waals surface area contributed by atoms with Crippen LogP contribution in [0.4, 0.5) is 0 Å². The zero-order chi connectivity index (χ0) is 23.7. The second kappa shape index (κ2) is 9.48. The van der Waals surface area contributed by atoms with Crippen LogP contribution in [0.25, 0.3) is 0 Å². The van der Waals surface area contributed by atoms with Crippen LogP contribution < -0.4 is 5.32 Å². The van der Waals surface area contributed by atoms with Gasteiger partial charge in [-0.3, -0.25) is 4.79 Å². The van der Waals surface area contributed by atoms with Gasteiger partial charge in [0.2, 0.25) is 10.0 Å². The van der Waals surface area contributed by atoms with Crippen molar-refractivity contribution in [2.24, 2.45) is 0 Å². The molecule has 0 bridgehead atoms. The van der Waals surface area contributed by atoms with Crippen molar-refractivity contribution in [2.75, 3.05) is 39.5 Å². The Kier molecular flexibility index (Phi) is 7.31. The summed E-state index contributed by atoms with van der Waals surface area (Å²) in [5, 5.41) is 2.93. The molecule has 3 rings (SSSR count). The number of piperazine rings is 1. The third-order valence-electron chi connectivity index (χ3n) is 5.44. The molecule has 0 spiro atoms. The molecule has 32 heavy (non-hydrogen) atoms. The molecule has 1 atom stereocenters. The number of carbonyl (C=O) groups is 1. The Bertz CT molecular complexity index is 1210.